The van der Waals surface area contributed by atoms with Crippen LogP contribution in [0.2, 0.25) is 0 Å². The van der Waals surface area contributed by atoms with Crippen LogP contribution in [-0.4, -0.2) is 18.4 Å². The van der Waals surface area contributed by atoms with Crippen molar-refractivity contribution >= 4 is 6.29 Å². The van der Waals surface area contributed by atoms with Gasteiger partial charge in [0.25, 0.3) is 0 Å². The molecule has 1 aromatic heterocycles. The number of hydrogen-bond acceptors (Lipinski definition) is 3. The predicted octanol–water partition coefficient (Wildman–Crippen LogP) is 2.87. The number of hydrogen-bond donors (Lipinski definition) is 0. The van der Waals surface area contributed by atoms with Crippen molar-refractivity contribution in [1.29, 1.82) is 0 Å². The molecular formula is C14H19NO2. The van der Waals surface area contributed by atoms with Gasteiger partial charge in [-0.25, -0.2) is 4.98 Å². The molecule has 1 aliphatic carbocycles. The summed E-state index contributed by atoms with van der Waals surface area (Å²) >= 11 is 0. The van der Waals surface area contributed by atoms with E-state index in [2.05, 4.69) is 11.1 Å². The molecule has 0 amide bonds. The van der Waals surface area contributed by atoms with Gasteiger partial charge >= 0.3 is 0 Å². The summed E-state index contributed by atoms with van der Waals surface area (Å²) in [6.07, 6.45) is 7.23. The van der Waals surface area contributed by atoms with Crippen LogP contribution in [0.15, 0.2) is 12.3 Å². The topological polar surface area (TPSA) is 39.2 Å². The van der Waals surface area contributed by atoms with E-state index >= 15 is 0 Å². The molecule has 1 fully saturated rings. The standard InChI is InChI=1S/C14H19NO2/c1-10-7-13(8-15-14(10)17-2)12-5-3-11(9-16)4-6-12/h7-9,11-12H,3-6H2,1-2H3/t11-,12-. The van der Waals surface area contributed by atoms with Gasteiger partial charge in [0.05, 0.1) is 7.11 Å². The van der Waals surface area contributed by atoms with Crippen molar-refractivity contribution in [2.75, 3.05) is 7.11 Å². The van der Waals surface area contributed by atoms with Crippen molar-refractivity contribution in [3.8, 4) is 5.88 Å². The molecule has 17 heavy (non-hydrogen) atoms. The summed E-state index contributed by atoms with van der Waals surface area (Å²) in [5, 5.41) is 0. The van der Waals surface area contributed by atoms with Gasteiger partial charge < -0.3 is 9.53 Å². The first-order valence-electron chi connectivity index (χ1n) is 6.20. The molecular weight excluding hydrogens is 214 g/mol. The third kappa shape index (κ3) is 2.65. The van der Waals surface area contributed by atoms with E-state index in [0.29, 0.717) is 11.8 Å². The molecule has 0 aliphatic heterocycles. The summed E-state index contributed by atoms with van der Waals surface area (Å²) in [6.45, 7) is 2.02. The van der Waals surface area contributed by atoms with Gasteiger partial charge in [0, 0.05) is 17.7 Å². The Hall–Kier alpha value is -1.38. The van der Waals surface area contributed by atoms with Gasteiger partial charge in [0.1, 0.15) is 6.29 Å². The Morgan fingerprint density at radius 1 is 1.35 bits per heavy atom. The normalized spacial score (nSPS) is 24.4. The second kappa shape index (κ2) is 5.30. The molecule has 1 heterocycles. The predicted molar refractivity (Wildman–Crippen MR) is 66.3 cm³/mol. The molecule has 1 saturated carbocycles. The number of carbonyl (C=O) groups is 1. The van der Waals surface area contributed by atoms with Gasteiger partial charge in [-0.2, -0.15) is 0 Å². The number of carbonyl (C=O) groups excluding carboxylic acids is 1. The van der Waals surface area contributed by atoms with Crippen LogP contribution in [0, 0.1) is 12.8 Å². The Balaban J connectivity index is 2.08. The third-order valence-electron chi connectivity index (χ3n) is 3.68. The first kappa shape index (κ1) is 12.1. The maximum atomic E-state index is 10.7. The second-order valence-corrected chi connectivity index (χ2v) is 4.84. The van der Waals surface area contributed by atoms with Crippen molar-refractivity contribution in [2.45, 2.75) is 38.5 Å². The summed E-state index contributed by atoms with van der Waals surface area (Å²) < 4.78 is 5.16. The highest BCUT2D eigenvalue weighted by molar-refractivity contribution is 5.53. The molecule has 0 N–H and O–H groups in total. The van der Waals surface area contributed by atoms with Crippen molar-refractivity contribution in [2.24, 2.45) is 5.92 Å². The lowest BCUT2D eigenvalue weighted by atomic mass is 9.79. The summed E-state index contributed by atoms with van der Waals surface area (Å²) in [5.41, 5.74) is 2.37. The maximum Gasteiger partial charge on any atom is 0.215 e. The van der Waals surface area contributed by atoms with Gasteiger partial charge in [-0.05, 0) is 50.2 Å². The van der Waals surface area contributed by atoms with Crippen LogP contribution in [0.5, 0.6) is 5.88 Å². The Bertz CT molecular complexity index is 395. The number of aromatic nitrogens is 1. The van der Waals surface area contributed by atoms with E-state index in [9.17, 15) is 4.79 Å². The van der Waals surface area contributed by atoms with Crippen LogP contribution < -0.4 is 4.74 Å². The van der Waals surface area contributed by atoms with Crippen LogP contribution in [0.3, 0.4) is 0 Å². The first-order chi connectivity index (χ1) is 8.24. The van der Waals surface area contributed by atoms with Gasteiger partial charge in [0.15, 0.2) is 0 Å². The summed E-state index contributed by atoms with van der Waals surface area (Å²) in [7, 11) is 1.64. The van der Waals surface area contributed by atoms with E-state index in [1.54, 1.807) is 7.11 Å². The van der Waals surface area contributed by atoms with Crippen LogP contribution in [0.4, 0.5) is 0 Å². The quantitative estimate of drug-likeness (QED) is 0.753. The summed E-state index contributed by atoms with van der Waals surface area (Å²) in [5.74, 6) is 1.54. The molecule has 0 unspecified atom stereocenters. The zero-order valence-corrected chi connectivity index (χ0v) is 10.5. The number of methoxy groups -OCH3 is 1. The van der Waals surface area contributed by atoms with Crippen LogP contribution >= 0.6 is 0 Å². The van der Waals surface area contributed by atoms with Crippen LogP contribution in [-0.2, 0) is 4.79 Å². The number of nitrogens with zero attached hydrogens (tertiary/aromatic N) is 1. The number of pyridine rings is 1. The first-order valence-corrected chi connectivity index (χ1v) is 6.20. The average Bonchev–Trinajstić information content (AvgIpc) is 2.39. The fourth-order valence-corrected chi connectivity index (χ4v) is 2.61. The van der Waals surface area contributed by atoms with Crippen molar-refractivity contribution < 1.29 is 9.53 Å². The highest BCUT2D eigenvalue weighted by atomic mass is 16.5. The van der Waals surface area contributed by atoms with Crippen molar-refractivity contribution in [3.05, 3.63) is 23.4 Å². The average molecular weight is 233 g/mol. The summed E-state index contributed by atoms with van der Waals surface area (Å²) in [6, 6.07) is 2.16. The van der Waals surface area contributed by atoms with Crippen LogP contribution in [0.25, 0.3) is 0 Å². The lowest BCUT2D eigenvalue weighted by Gasteiger charge is -2.25. The largest absolute Gasteiger partial charge is 0.481 e. The van der Waals surface area contributed by atoms with E-state index in [1.807, 2.05) is 13.1 Å². The minimum atomic E-state index is 0.276. The lowest BCUT2D eigenvalue weighted by Crippen LogP contribution is -2.14. The van der Waals surface area contributed by atoms with E-state index < -0.39 is 0 Å². The van der Waals surface area contributed by atoms with E-state index in [4.69, 9.17) is 4.74 Å². The third-order valence-corrected chi connectivity index (χ3v) is 3.68. The molecule has 92 valence electrons. The molecule has 0 saturated heterocycles. The zero-order chi connectivity index (χ0) is 12.3. The minimum Gasteiger partial charge on any atom is -0.481 e. The number of aldehydes is 1. The monoisotopic (exact) mass is 233 g/mol. The Kier molecular flexibility index (Phi) is 3.77. The Morgan fingerprint density at radius 2 is 2.06 bits per heavy atom. The number of ether oxygens (including phenoxy) is 1. The zero-order valence-electron chi connectivity index (χ0n) is 10.5. The highest BCUT2D eigenvalue weighted by Crippen LogP contribution is 2.35. The highest BCUT2D eigenvalue weighted by Gasteiger charge is 2.22. The SMILES string of the molecule is COc1ncc([C@H]2CC[C@H](C=O)CC2)cc1C. The number of rotatable bonds is 3. The smallest absolute Gasteiger partial charge is 0.215 e. The molecule has 0 radical (unpaired) electrons. The molecule has 3 heteroatoms. The molecule has 3 nitrogen and oxygen atoms in total. The summed E-state index contributed by atoms with van der Waals surface area (Å²) in [4.78, 5) is 15.0. The molecule has 0 bridgehead atoms. The molecule has 2 rings (SSSR count). The lowest BCUT2D eigenvalue weighted by molar-refractivity contribution is -0.111. The van der Waals surface area contributed by atoms with Crippen molar-refractivity contribution in [3.63, 3.8) is 0 Å². The van der Waals surface area contributed by atoms with Crippen LogP contribution in [0.1, 0.15) is 42.7 Å². The molecule has 1 aliphatic rings. The van der Waals surface area contributed by atoms with E-state index in [-0.39, 0.29) is 5.92 Å². The van der Waals surface area contributed by atoms with Gasteiger partial charge in [-0.15, -0.1) is 0 Å². The van der Waals surface area contributed by atoms with Gasteiger partial charge in [-0.3, -0.25) is 0 Å². The fourth-order valence-electron chi connectivity index (χ4n) is 2.61. The maximum absolute atomic E-state index is 10.7. The fraction of sp³-hybridized carbons (Fsp3) is 0.571. The number of aryl methyl sites for hydroxylation is 1. The van der Waals surface area contributed by atoms with Crippen molar-refractivity contribution in [1.82, 2.24) is 4.98 Å². The molecule has 0 spiro atoms. The molecule has 0 aromatic carbocycles. The molecule has 1 aromatic rings. The second-order valence-electron chi connectivity index (χ2n) is 4.84. The van der Waals surface area contributed by atoms with E-state index in [0.717, 1.165) is 37.5 Å². The van der Waals surface area contributed by atoms with E-state index in [1.165, 1.54) is 5.56 Å². The Morgan fingerprint density at radius 3 is 2.59 bits per heavy atom. The Labute approximate surface area is 102 Å². The van der Waals surface area contributed by atoms with Gasteiger partial charge in [-0.1, -0.05) is 0 Å². The van der Waals surface area contributed by atoms with Gasteiger partial charge in [0.2, 0.25) is 5.88 Å². The molecule has 0 atom stereocenters. The minimum absolute atomic E-state index is 0.276.